The van der Waals surface area contributed by atoms with Gasteiger partial charge < -0.3 is 19.2 Å². The van der Waals surface area contributed by atoms with Crippen molar-refractivity contribution < 1.29 is 23.8 Å². The van der Waals surface area contributed by atoms with Crippen LogP contribution in [0.25, 0.3) is 22.1 Å². The fraction of sp³-hybridized carbons (Fsp3) is 0.261. The highest BCUT2D eigenvalue weighted by Crippen LogP contribution is 2.34. The van der Waals surface area contributed by atoms with Crippen molar-refractivity contribution in [2.75, 3.05) is 13.1 Å². The molecule has 0 aliphatic carbocycles. The van der Waals surface area contributed by atoms with Crippen LogP contribution in [0.1, 0.15) is 13.3 Å². The second-order valence-electron chi connectivity index (χ2n) is 7.49. The molecule has 0 saturated carbocycles. The van der Waals surface area contributed by atoms with Crippen molar-refractivity contribution in [1.82, 2.24) is 4.90 Å². The van der Waals surface area contributed by atoms with E-state index in [0.29, 0.717) is 45.8 Å². The van der Waals surface area contributed by atoms with Crippen LogP contribution in [0.4, 0.5) is 0 Å². The molecule has 1 amide bonds. The summed E-state index contributed by atoms with van der Waals surface area (Å²) in [6, 6.07) is 13.6. The zero-order valence-corrected chi connectivity index (χ0v) is 17.5. The lowest BCUT2D eigenvalue weighted by molar-refractivity contribution is -0.142. The first-order chi connectivity index (χ1) is 14.8. The smallest absolute Gasteiger partial charge is 0.336 e. The van der Waals surface area contributed by atoms with Crippen LogP contribution in [-0.4, -0.2) is 41.1 Å². The number of benzene rings is 2. The highest BCUT2D eigenvalue weighted by molar-refractivity contribution is 6.33. The molecule has 2 aromatic carbocycles. The Morgan fingerprint density at radius 2 is 1.97 bits per heavy atom. The molecule has 0 radical (unpaired) electrons. The first kappa shape index (κ1) is 20.9. The number of amides is 1. The summed E-state index contributed by atoms with van der Waals surface area (Å²) >= 11 is 6.30. The van der Waals surface area contributed by atoms with Gasteiger partial charge in [-0.15, -0.1) is 0 Å². The number of ether oxygens (including phenoxy) is 1. The standard InChI is InChI=1S/C23H20ClNO6/c1-13(22(27)25-9-8-14(12-25)23(28)29)30-15-6-7-17-18(11-21(26)31-20(17)10-15)16-4-2-3-5-19(16)24/h2-7,10-11,13-14H,8-9,12H2,1H3,(H,28,29)/t13-,14+/m1/s1. The van der Waals surface area contributed by atoms with Crippen LogP contribution < -0.4 is 10.4 Å². The molecule has 1 saturated heterocycles. The average molecular weight is 442 g/mol. The summed E-state index contributed by atoms with van der Waals surface area (Å²) in [5, 5.41) is 10.3. The number of carboxylic acids is 1. The number of likely N-dealkylation sites (tertiary alicyclic amines) is 1. The van der Waals surface area contributed by atoms with Crippen molar-refractivity contribution in [2.45, 2.75) is 19.4 Å². The summed E-state index contributed by atoms with van der Waals surface area (Å²) in [7, 11) is 0. The van der Waals surface area contributed by atoms with E-state index in [2.05, 4.69) is 0 Å². The van der Waals surface area contributed by atoms with Crippen LogP contribution in [0, 0.1) is 5.92 Å². The Hall–Kier alpha value is -3.32. The van der Waals surface area contributed by atoms with E-state index in [4.69, 9.17) is 25.9 Å². The topological polar surface area (TPSA) is 97.0 Å². The van der Waals surface area contributed by atoms with Gasteiger partial charge in [0.15, 0.2) is 6.10 Å². The van der Waals surface area contributed by atoms with E-state index in [-0.39, 0.29) is 12.5 Å². The minimum Gasteiger partial charge on any atom is -0.481 e. The minimum absolute atomic E-state index is 0.176. The van der Waals surface area contributed by atoms with Crippen molar-refractivity contribution >= 4 is 34.4 Å². The molecule has 4 rings (SSSR count). The Labute approximate surface area is 182 Å². The van der Waals surface area contributed by atoms with Gasteiger partial charge in [0.05, 0.1) is 5.92 Å². The Bertz CT molecular complexity index is 1220. The van der Waals surface area contributed by atoms with E-state index in [1.54, 1.807) is 31.2 Å². The summed E-state index contributed by atoms with van der Waals surface area (Å²) in [6.45, 7) is 2.17. The number of carbonyl (C=O) groups is 2. The maximum absolute atomic E-state index is 12.6. The third-order valence-corrected chi connectivity index (χ3v) is 5.72. The Morgan fingerprint density at radius 3 is 2.68 bits per heavy atom. The molecule has 2 heterocycles. The number of carbonyl (C=O) groups excluding carboxylic acids is 1. The maximum Gasteiger partial charge on any atom is 0.336 e. The highest BCUT2D eigenvalue weighted by Gasteiger charge is 2.33. The Kier molecular flexibility index (Phi) is 5.69. The van der Waals surface area contributed by atoms with E-state index in [1.165, 1.54) is 11.0 Å². The van der Waals surface area contributed by atoms with Crippen molar-refractivity contribution in [3.8, 4) is 16.9 Å². The quantitative estimate of drug-likeness (QED) is 0.604. The van der Waals surface area contributed by atoms with Gasteiger partial charge in [-0.1, -0.05) is 29.8 Å². The van der Waals surface area contributed by atoms with Gasteiger partial charge in [0.1, 0.15) is 11.3 Å². The van der Waals surface area contributed by atoms with Gasteiger partial charge in [-0.05, 0) is 31.5 Å². The zero-order valence-electron chi connectivity index (χ0n) is 16.7. The normalized spacial score (nSPS) is 17.0. The van der Waals surface area contributed by atoms with Gasteiger partial charge in [-0.3, -0.25) is 9.59 Å². The highest BCUT2D eigenvalue weighted by atomic mass is 35.5. The third-order valence-electron chi connectivity index (χ3n) is 5.39. The molecule has 1 fully saturated rings. The molecule has 160 valence electrons. The molecule has 7 nitrogen and oxygen atoms in total. The first-order valence-electron chi connectivity index (χ1n) is 9.84. The molecule has 2 atom stereocenters. The SMILES string of the molecule is C[C@@H](Oc1ccc2c(-c3ccccc3Cl)cc(=O)oc2c1)C(=O)N1CC[C@H](C(=O)O)C1. The first-order valence-corrected chi connectivity index (χ1v) is 10.2. The van der Waals surface area contributed by atoms with Crippen molar-refractivity contribution in [3.63, 3.8) is 0 Å². The van der Waals surface area contributed by atoms with Crippen molar-refractivity contribution in [1.29, 1.82) is 0 Å². The summed E-state index contributed by atoms with van der Waals surface area (Å²) in [5.74, 6) is -1.37. The lowest BCUT2D eigenvalue weighted by Crippen LogP contribution is -2.39. The van der Waals surface area contributed by atoms with Gasteiger partial charge >= 0.3 is 11.6 Å². The van der Waals surface area contributed by atoms with Crippen molar-refractivity contribution in [3.05, 3.63) is 64.0 Å². The predicted molar refractivity (Wildman–Crippen MR) is 115 cm³/mol. The van der Waals surface area contributed by atoms with Gasteiger partial charge in [-0.25, -0.2) is 4.79 Å². The third kappa shape index (κ3) is 4.27. The molecular weight excluding hydrogens is 422 g/mol. The lowest BCUT2D eigenvalue weighted by Gasteiger charge is -2.21. The van der Waals surface area contributed by atoms with Crippen LogP contribution >= 0.6 is 11.6 Å². The van der Waals surface area contributed by atoms with Gasteiger partial charge in [-0.2, -0.15) is 0 Å². The summed E-state index contributed by atoms with van der Waals surface area (Å²) in [4.78, 5) is 37.4. The number of aliphatic carboxylic acids is 1. The summed E-state index contributed by atoms with van der Waals surface area (Å²) in [5.41, 5.74) is 1.14. The van der Waals surface area contributed by atoms with Gasteiger partial charge in [0.2, 0.25) is 0 Å². The fourth-order valence-corrected chi connectivity index (χ4v) is 4.03. The molecule has 3 aromatic rings. The van der Waals surface area contributed by atoms with Gasteiger partial charge in [0, 0.05) is 46.8 Å². The molecule has 1 aromatic heterocycles. The van der Waals surface area contributed by atoms with Crippen LogP contribution in [0.15, 0.2) is 57.7 Å². The molecule has 1 aliphatic rings. The van der Waals surface area contributed by atoms with Crippen LogP contribution in [0.2, 0.25) is 5.02 Å². The molecule has 0 unspecified atom stereocenters. The predicted octanol–water partition coefficient (Wildman–Crippen LogP) is 3.81. The number of carboxylic acid groups (broad SMARTS) is 1. The lowest BCUT2D eigenvalue weighted by atomic mass is 10.0. The van der Waals surface area contributed by atoms with E-state index in [1.807, 2.05) is 18.2 Å². The van der Waals surface area contributed by atoms with E-state index < -0.39 is 23.6 Å². The number of rotatable bonds is 5. The maximum atomic E-state index is 12.6. The summed E-state index contributed by atoms with van der Waals surface area (Å²) in [6.07, 6.45) is -0.386. The Balaban J connectivity index is 1.59. The van der Waals surface area contributed by atoms with Crippen LogP contribution in [-0.2, 0) is 9.59 Å². The van der Waals surface area contributed by atoms with Gasteiger partial charge in [0.25, 0.3) is 5.91 Å². The second kappa shape index (κ2) is 8.43. The second-order valence-corrected chi connectivity index (χ2v) is 7.89. The largest absolute Gasteiger partial charge is 0.481 e. The average Bonchev–Trinajstić information content (AvgIpc) is 3.23. The van der Waals surface area contributed by atoms with E-state index in [0.717, 1.165) is 0 Å². The molecule has 1 aliphatic heterocycles. The summed E-state index contributed by atoms with van der Waals surface area (Å²) < 4.78 is 11.1. The number of halogens is 1. The zero-order chi connectivity index (χ0) is 22.1. The number of fused-ring (bicyclic) bond motifs is 1. The fourth-order valence-electron chi connectivity index (χ4n) is 3.79. The number of hydrogen-bond donors (Lipinski definition) is 1. The molecule has 0 bridgehead atoms. The molecule has 1 N–H and O–H groups in total. The molecule has 8 heteroatoms. The molecule has 0 spiro atoms. The van der Waals surface area contributed by atoms with E-state index in [9.17, 15) is 14.4 Å². The van der Waals surface area contributed by atoms with Crippen LogP contribution in [0.5, 0.6) is 5.75 Å². The molecular formula is C23H20ClNO6. The van der Waals surface area contributed by atoms with Crippen molar-refractivity contribution in [2.24, 2.45) is 5.92 Å². The van der Waals surface area contributed by atoms with E-state index >= 15 is 0 Å². The minimum atomic E-state index is -0.900. The molecule has 31 heavy (non-hydrogen) atoms. The number of hydrogen-bond acceptors (Lipinski definition) is 5. The monoisotopic (exact) mass is 441 g/mol. The van der Waals surface area contributed by atoms with Crippen LogP contribution in [0.3, 0.4) is 0 Å². The number of nitrogens with zero attached hydrogens (tertiary/aromatic N) is 1. The Morgan fingerprint density at radius 1 is 1.19 bits per heavy atom.